The van der Waals surface area contributed by atoms with Gasteiger partial charge in [0.25, 0.3) is 0 Å². The van der Waals surface area contributed by atoms with E-state index in [0.29, 0.717) is 0 Å². The number of hydrogen-bond acceptors (Lipinski definition) is 0. The smallest absolute Gasteiger partial charge is 0.250 e. The Kier molecular flexibility index (Phi) is 3.89. The lowest BCUT2D eigenvalue weighted by atomic mass is 9.63. The van der Waals surface area contributed by atoms with Crippen LogP contribution in [-0.2, 0) is 0 Å². The molecule has 0 aromatic carbocycles. The molecule has 0 atom stereocenters. The average Bonchev–Trinajstić information content (AvgIpc) is 2.26. The molecule has 8 heteroatoms. The molecule has 1 aliphatic carbocycles. The molecule has 0 unspecified atom stereocenters. The van der Waals surface area contributed by atoms with Crippen molar-refractivity contribution in [1.29, 1.82) is 0 Å². The Morgan fingerprint density at radius 1 is 0.611 bits per heavy atom. The van der Waals surface area contributed by atoms with Crippen molar-refractivity contribution in [3.63, 3.8) is 0 Å². The van der Waals surface area contributed by atoms with E-state index < -0.39 is 62.2 Å². The number of rotatable bonds is 2. The van der Waals surface area contributed by atoms with Crippen molar-refractivity contribution < 1.29 is 35.1 Å². The fourth-order valence-corrected chi connectivity index (χ4v) is 2.19. The molecule has 0 nitrogen and oxygen atoms in total. The van der Waals surface area contributed by atoms with Gasteiger partial charge in [-0.15, -0.1) is 0 Å². The zero-order valence-corrected chi connectivity index (χ0v) is 9.27. The standard InChI is InChI=1S/C10H12F8/c11-5-7(9(13,14)15)1-2-8(6-12,4-3-7)10(16,17)18/h1-6H2. The van der Waals surface area contributed by atoms with E-state index in [0.717, 1.165) is 0 Å². The van der Waals surface area contributed by atoms with Crippen LogP contribution in [0.2, 0.25) is 0 Å². The minimum absolute atomic E-state index is 1.03. The summed E-state index contributed by atoms with van der Waals surface area (Å²) in [5.74, 6) is 0. The van der Waals surface area contributed by atoms with Crippen LogP contribution in [0.1, 0.15) is 25.7 Å². The normalized spacial score (nSPS) is 34.7. The first kappa shape index (κ1) is 15.5. The molecule has 0 aromatic rings. The van der Waals surface area contributed by atoms with E-state index in [1.54, 1.807) is 0 Å². The molecular formula is C10H12F8. The van der Waals surface area contributed by atoms with Crippen LogP contribution in [0.25, 0.3) is 0 Å². The van der Waals surface area contributed by atoms with Crippen molar-refractivity contribution in [2.24, 2.45) is 10.8 Å². The van der Waals surface area contributed by atoms with Gasteiger partial charge in [-0.1, -0.05) is 0 Å². The Hall–Kier alpha value is -0.560. The molecule has 0 radical (unpaired) electrons. The summed E-state index contributed by atoms with van der Waals surface area (Å²) in [6.45, 7) is -3.53. The van der Waals surface area contributed by atoms with Gasteiger partial charge in [-0.2, -0.15) is 26.3 Å². The highest BCUT2D eigenvalue weighted by Gasteiger charge is 2.64. The molecule has 0 saturated heterocycles. The summed E-state index contributed by atoms with van der Waals surface area (Å²) < 4.78 is 101. The molecule has 1 fully saturated rings. The number of halogens is 8. The van der Waals surface area contributed by atoms with Crippen molar-refractivity contribution in [2.45, 2.75) is 38.0 Å². The molecule has 0 spiro atoms. The second-order valence-corrected chi connectivity index (χ2v) is 4.82. The molecule has 0 amide bonds. The van der Waals surface area contributed by atoms with Crippen molar-refractivity contribution in [3.05, 3.63) is 0 Å². The fourth-order valence-electron chi connectivity index (χ4n) is 2.19. The van der Waals surface area contributed by atoms with Crippen LogP contribution in [0.3, 0.4) is 0 Å². The topological polar surface area (TPSA) is 0 Å². The predicted molar refractivity (Wildman–Crippen MR) is 47.4 cm³/mol. The van der Waals surface area contributed by atoms with Crippen molar-refractivity contribution in [1.82, 2.24) is 0 Å². The van der Waals surface area contributed by atoms with Crippen LogP contribution in [0.4, 0.5) is 35.1 Å². The second kappa shape index (κ2) is 4.52. The van der Waals surface area contributed by atoms with E-state index in [9.17, 15) is 35.1 Å². The largest absolute Gasteiger partial charge is 0.397 e. The summed E-state index contributed by atoms with van der Waals surface area (Å²) in [7, 11) is 0. The molecule has 108 valence electrons. The fraction of sp³-hybridized carbons (Fsp3) is 1.00. The van der Waals surface area contributed by atoms with Gasteiger partial charge in [-0.05, 0) is 25.7 Å². The number of hydrogen-bond donors (Lipinski definition) is 0. The number of alkyl halides is 8. The molecule has 1 saturated carbocycles. The van der Waals surface area contributed by atoms with Gasteiger partial charge in [-0.3, -0.25) is 8.78 Å². The van der Waals surface area contributed by atoms with E-state index in [-0.39, 0.29) is 0 Å². The maximum absolute atomic E-state index is 12.6. The maximum atomic E-state index is 12.6. The Bertz CT molecular complexity index is 251. The summed E-state index contributed by atoms with van der Waals surface area (Å²) in [4.78, 5) is 0. The van der Waals surface area contributed by atoms with Crippen LogP contribution in [-0.4, -0.2) is 25.7 Å². The summed E-state index contributed by atoms with van der Waals surface area (Å²) >= 11 is 0. The van der Waals surface area contributed by atoms with E-state index in [4.69, 9.17) is 0 Å². The SMILES string of the molecule is FCC1(C(F)(F)F)CCC(CF)(C(F)(F)F)CC1. The van der Waals surface area contributed by atoms with Crippen molar-refractivity contribution >= 4 is 0 Å². The molecular weight excluding hydrogens is 272 g/mol. The molecule has 1 rings (SSSR count). The Balaban J connectivity index is 2.93. The predicted octanol–water partition coefficient (Wildman–Crippen LogP) is 4.60. The first-order chi connectivity index (χ1) is 8.04. The molecule has 18 heavy (non-hydrogen) atoms. The summed E-state index contributed by atoms with van der Waals surface area (Å²) in [5.41, 5.74) is -5.51. The van der Waals surface area contributed by atoms with E-state index in [1.807, 2.05) is 0 Å². The van der Waals surface area contributed by atoms with Crippen LogP contribution >= 0.6 is 0 Å². The van der Waals surface area contributed by atoms with Crippen LogP contribution in [0, 0.1) is 10.8 Å². The van der Waals surface area contributed by atoms with Gasteiger partial charge in [0.15, 0.2) is 0 Å². The quantitative estimate of drug-likeness (QED) is 0.650. The van der Waals surface area contributed by atoms with Crippen LogP contribution in [0.15, 0.2) is 0 Å². The lowest BCUT2D eigenvalue weighted by Gasteiger charge is -2.45. The van der Waals surface area contributed by atoms with Crippen LogP contribution in [0.5, 0.6) is 0 Å². The van der Waals surface area contributed by atoms with Crippen molar-refractivity contribution in [3.8, 4) is 0 Å². The molecule has 0 aromatic heterocycles. The van der Waals surface area contributed by atoms with E-state index in [1.165, 1.54) is 0 Å². The highest BCUT2D eigenvalue weighted by molar-refractivity contribution is 4.99. The Labute approximate surface area is 98.3 Å². The highest BCUT2D eigenvalue weighted by Crippen LogP contribution is 2.58. The van der Waals surface area contributed by atoms with Gasteiger partial charge < -0.3 is 0 Å². The lowest BCUT2D eigenvalue weighted by Crippen LogP contribution is -2.50. The zero-order valence-electron chi connectivity index (χ0n) is 9.27. The zero-order chi connectivity index (χ0) is 14.2. The first-order valence-electron chi connectivity index (χ1n) is 5.29. The Morgan fingerprint density at radius 2 is 0.833 bits per heavy atom. The first-order valence-corrected chi connectivity index (χ1v) is 5.29. The second-order valence-electron chi connectivity index (χ2n) is 4.82. The molecule has 0 bridgehead atoms. The van der Waals surface area contributed by atoms with E-state index >= 15 is 0 Å². The lowest BCUT2D eigenvalue weighted by molar-refractivity contribution is -0.282. The van der Waals surface area contributed by atoms with Gasteiger partial charge in [-0.25, -0.2) is 0 Å². The third-order valence-corrected chi connectivity index (χ3v) is 3.88. The highest BCUT2D eigenvalue weighted by atomic mass is 19.4. The monoisotopic (exact) mass is 284 g/mol. The van der Waals surface area contributed by atoms with Gasteiger partial charge in [0.2, 0.25) is 0 Å². The van der Waals surface area contributed by atoms with Gasteiger partial charge >= 0.3 is 12.4 Å². The minimum Gasteiger partial charge on any atom is -0.250 e. The minimum atomic E-state index is -4.91. The maximum Gasteiger partial charge on any atom is 0.397 e. The van der Waals surface area contributed by atoms with Gasteiger partial charge in [0.05, 0.1) is 10.8 Å². The summed E-state index contributed by atoms with van der Waals surface area (Å²) in [5, 5.41) is 0. The molecule has 0 N–H and O–H groups in total. The molecule has 0 heterocycles. The molecule has 1 aliphatic rings. The van der Waals surface area contributed by atoms with Crippen molar-refractivity contribution in [2.75, 3.05) is 13.3 Å². The van der Waals surface area contributed by atoms with Gasteiger partial charge in [0.1, 0.15) is 13.3 Å². The third kappa shape index (κ3) is 2.30. The summed E-state index contributed by atoms with van der Waals surface area (Å²) in [6.07, 6.45) is -13.9. The van der Waals surface area contributed by atoms with Crippen LogP contribution < -0.4 is 0 Å². The molecule has 0 aliphatic heterocycles. The average molecular weight is 284 g/mol. The third-order valence-electron chi connectivity index (χ3n) is 3.88. The van der Waals surface area contributed by atoms with E-state index in [2.05, 4.69) is 0 Å². The van der Waals surface area contributed by atoms with Gasteiger partial charge in [0, 0.05) is 0 Å². The summed E-state index contributed by atoms with van der Waals surface area (Å²) in [6, 6.07) is 0. The Morgan fingerprint density at radius 3 is 0.944 bits per heavy atom.